The van der Waals surface area contributed by atoms with Gasteiger partial charge in [-0.05, 0) is 16.0 Å². The number of nitrogens with zero attached hydrogens (tertiary/aromatic N) is 7. The number of thioether (sulfide) groups is 2. The molecule has 0 spiro atoms. The molecule has 4 heterocycles. The molecule has 2 aromatic rings. The molecule has 0 radical (unpaired) electrons. The molecule has 0 bridgehead atoms. The lowest BCUT2D eigenvalue weighted by Gasteiger charge is -2.49. The first kappa shape index (κ1) is 28.0. The third-order valence-electron chi connectivity index (χ3n) is 5.10. The Morgan fingerprint density at radius 2 is 2.18 bits per heavy atom. The number of aliphatic carboxylic acids is 1. The van der Waals surface area contributed by atoms with Gasteiger partial charge in [-0.2, -0.15) is 0 Å². The molecule has 2 amide bonds. The Morgan fingerprint density at radius 3 is 2.79 bits per heavy atom. The molecule has 2 aliphatic rings. The summed E-state index contributed by atoms with van der Waals surface area (Å²) in [5.74, 6) is -2.24. The van der Waals surface area contributed by atoms with Gasteiger partial charge < -0.3 is 30.8 Å². The largest absolute Gasteiger partial charge is 0.477 e. The molecule has 0 saturated carbocycles. The second kappa shape index (κ2) is 11.4. The molecule has 4 rings (SSSR count). The number of carbonyl (C=O) groups excluding carboxylic acids is 2. The molecule has 17 nitrogen and oxygen atoms in total. The van der Waals surface area contributed by atoms with Crippen molar-refractivity contribution in [2.24, 2.45) is 12.2 Å². The number of fused-ring (bicyclic) bond motifs is 1. The molecule has 2 aliphatic heterocycles. The Bertz CT molecular complexity index is 1370. The summed E-state index contributed by atoms with van der Waals surface area (Å²) >= 11 is 3.52. The molecule has 2 aromatic heterocycles. The molecule has 1 unspecified atom stereocenters. The standard InChI is InChI=1S/C17H20N9O8PS3/c1-25-17(21-23-24-25)38-5-7-4-36-14-10(13(28)26(14)11(7)15(29)30)20-12(27)9(8-6-37-16(18)19-8)22-34-2-3-35(31,32)33/h6,10,14H,2-5H2,1H3,(H2,18,19)(H,20,27)(H,29,30)(H2,31,32,33)/t10?,14-/m1/s1. The number of hydrogen-bond donors (Lipinski definition) is 5. The van der Waals surface area contributed by atoms with Gasteiger partial charge in [0, 0.05) is 23.9 Å². The van der Waals surface area contributed by atoms with Crippen molar-refractivity contribution in [2.45, 2.75) is 16.6 Å². The number of nitrogen functional groups attached to an aromatic ring is 1. The number of aryl methyl sites for hydroxylation is 1. The Balaban J connectivity index is 1.47. The molecule has 6 N–H and O–H groups in total. The first-order valence-corrected chi connectivity index (χ1v) is 15.2. The zero-order valence-electron chi connectivity index (χ0n) is 19.3. The van der Waals surface area contributed by atoms with Crippen LogP contribution in [0.5, 0.6) is 0 Å². The maximum Gasteiger partial charge on any atom is 0.352 e. The van der Waals surface area contributed by atoms with Gasteiger partial charge in [-0.15, -0.1) is 28.2 Å². The number of hydrogen-bond acceptors (Lipinski definition) is 14. The van der Waals surface area contributed by atoms with Crippen molar-refractivity contribution in [3.63, 3.8) is 0 Å². The maximum absolute atomic E-state index is 13.0. The molecule has 21 heteroatoms. The summed E-state index contributed by atoms with van der Waals surface area (Å²) in [6.07, 6.45) is -0.628. The van der Waals surface area contributed by atoms with Crippen LogP contribution in [0.15, 0.2) is 27.0 Å². The number of aromatic nitrogens is 5. The van der Waals surface area contributed by atoms with Gasteiger partial charge in [0.05, 0.1) is 6.16 Å². The monoisotopic (exact) mass is 605 g/mol. The molecule has 1 saturated heterocycles. The van der Waals surface area contributed by atoms with E-state index in [9.17, 15) is 24.1 Å². The highest BCUT2D eigenvalue weighted by Gasteiger charge is 2.54. The Morgan fingerprint density at radius 1 is 1.42 bits per heavy atom. The van der Waals surface area contributed by atoms with Gasteiger partial charge >= 0.3 is 13.6 Å². The maximum atomic E-state index is 13.0. The molecular formula is C17H20N9O8PS3. The summed E-state index contributed by atoms with van der Waals surface area (Å²) < 4.78 is 12.5. The van der Waals surface area contributed by atoms with E-state index in [4.69, 9.17) is 20.4 Å². The Kier molecular flexibility index (Phi) is 8.38. The second-order valence-electron chi connectivity index (χ2n) is 7.72. The number of β-lactam (4-membered cyclic amide) rings is 1. The first-order chi connectivity index (χ1) is 18.0. The van der Waals surface area contributed by atoms with Crippen molar-refractivity contribution in [1.82, 2.24) is 35.4 Å². The average molecular weight is 606 g/mol. The fourth-order valence-corrected chi connectivity index (χ4v) is 6.57. The quantitative estimate of drug-likeness (QED) is 0.0497. The lowest BCUT2D eigenvalue weighted by molar-refractivity contribution is -0.150. The van der Waals surface area contributed by atoms with Crippen LogP contribution in [0.1, 0.15) is 5.69 Å². The number of nitrogens with two attached hydrogens (primary N) is 1. The van der Waals surface area contributed by atoms with E-state index in [1.807, 2.05) is 0 Å². The van der Waals surface area contributed by atoms with Crippen LogP contribution in [-0.4, -0.2) is 104 Å². The normalized spacial score (nSPS) is 19.7. The van der Waals surface area contributed by atoms with E-state index >= 15 is 0 Å². The summed E-state index contributed by atoms with van der Waals surface area (Å²) in [5.41, 5.74) is 5.65. The van der Waals surface area contributed by atoms with Crippen LogP contribution in [0.25, 0.3) is 0 Å². The van der Waals surface area contributed by atoms with Crippen LogP contribution in [0.3, 0.4) is 0 Å². The molecule has 38 heavy (non-hydrogen) atoms. The van der Waals surface area contributed by atoms with Crippen molar-refractivity contribution in [3.8, 4) is 0 Å². The minimum Gasteiger partial charge on any atom is -0.477 e. The Hall–Kier alpha value is -3.03. The summed E-state index contributed by atoms with van der Waals surface area (Å²) in [7, 11) is -2.70. The zero-order valence-corrected chi connectivity index (χ0v) is 22.7. The molecule has 204 valence electrons. The first-order valence-electron chi connectivity index (χ1n) is 10.5. The van der Waals surface area contributed by atoms with Gasteiger partial charge in [0.15, 0.2) is 10.8 Å². The molecule has 0 aromatic carbocycles. The number of oxime groups is 1. The van der Waals surface area contributed by atoms with Crippen molar-refractivity contribution in [2.75, 3.05) is 30.0 Å². The molecule has 2 atom stereocenters. The van der Waals surface area contributed by atoms with Gasteiger partial charge in [0.25, 0.3) is 11.8 Å². The van der Waals surface area contributed by atoms with Gasteiger partial charge in [-0.25, -0.2) is 14.5 Å². The van der Waals surface area contributed by atoms with E-state index in [1.54, 1.807) is 7.05 Å². The third kappa shape index (κ3) is 6.16. The highest BCUT2D eigenvalue weighted by atomic mass is 32.2. The fraction of sp³-hybridized carbons (Fsp3) is 0.412. The van der Waals surface area contributed by atoms with E-state index < -0.39 is 49.6 Å². The fourth-order valence-electron chi connectivity index (χ4n) is 3.37. The lowest BCUT2D eigenvalue weighted by Crippen LogP contribution is -2.71. The van der Waals surface area contributed by atoms with Crippen LogP contribution < -0.4 is 11.1 Å². The number of anilines is 1. The lowest BCUT2D eigenvalue weighted by atomic mass is 10.0. The van der Waals surface area contributed by atoms with Crippen LogP contribution in [0, 0.1) is 0 Å². The van der Waals surface area contributed by atoms with Crippen molar-refractivity contribution in [1.29, 1.82) is 0 Å². The number of carbonyl (C=O) groups is 3. The van der Waals surface area contributed by atoms with Crippen LogP contribution in [-0.2, 0) is 30.8 Å². The van der Waals surface area contributed by atoms with E-state index in [2.05, 4.69) is 31.0 Å². The van der Waals surface area contributed by atoms with E-state index in [0.717, 1.165) is 16.2 Å². The van der Waals surface area contributed by atoms with Gasteiger partial charge in [0.1, 0.15) is 29.4 Å². The number of tetrazole rings is 1. The summed E-state index contributed by atoms with van der Waals surface area (Å²) in [4.78, 5) is 66.0. The summed E-state index contributed by atoms with van der Waals surface area (Å²) in [6.45, 7) is -0.479. The summed E-state index contributed by atoms with van der Waals surface area (Å²) in [6, 6.07) is -1.06. The summed E-state index contributed by atoms with van der Waals surface area (Å²) in [5, 5.41) is 28.5. The van der Waals surface area contributed by atoms with Crippen molar-refractivity contribution < 1.29 is 38.7 Å². The van der Waals surface area contributed by atoms with Crippen molar-refractivity contribution in [3.05, 3.63) is 22.3 Å². The highest BCUT2D eigenvalue weighted by Crippen LogP contribution is 2.41. The Labute approximate surface area is 226 Å². The van der Waals surface area contributed by atoms with Crippen LogP contribution in [0.2, 0.25) is 0 Å². The minimum atomic E-state index is -4.35. The van der Waals surface area contributed by atoms with Gasteiger partial charge in [-0.3, -0.25) is 19.1 Å². The molecule has 0 aliphatic carbocycles. The molecular weight excluding hydrogens is 585 g/mol. The van der Waals surface area contributed by atoms with E-state index in [1.165, 1.54) is 33.6 Å². The average Bonchev–Trinajstić information content (AvgIpc) is 3.46. The van der Waals surface area contributed by atoms with Crippen LogP contribution >= 0.6 is 42.5 Å². The smallest absolute Gasteiger partial charge is 0.352 e. The predicted octanol–water partition coefficient (Wildman–Crippen LogP) is -1.32. The molecule has 1 fully saturated rings. The van der Waals surface area contributed by atoms with E-state index in [0.29, 0.717) is 10.7 Å². The van der Waals surface area contributed by atoms with Crippen molar-refractivity contribution >= 4 is 71.1 Å². The number of carboxylic acid groups (broad SMARTS) is 1. The second-order valence-corrected chi connectivity index (χ2v) is 12.4. The topological polar surface area (TPSA) is 248 Å². The zero-order chi connectivity index (χ0) is 27.6. The number of carboxylic acids is 1. The number of amides is 2. The van der Waals surface area contributed by atoms with Gasteiger partial charge in [-0.1, -0.05) is 16.9 Å². The highest BCUT2D eigenvalue weighted by molar-refractivity contribution is 8.01. The SMILES string of the molecule is Cn1nnnc1SCC1=C(C(=O)O)N2C(=O)C(NC(=O)C(=NOCCP(=O)(O)O)c3csc(N)n3)[C@H]2SC1. The number of nitrogens with one attached hydrogen (secondary N) is 1. The van der Waals surface area contributed by atoms with Crippen LogP contribution in [0.4, 0.5) is 5.13 Å². The third-order valence-corrected chi connectivity index (χ3v) is 8.98. The minimum absolute atomic E-state index is 0.0322. The number of rotatable bonds is 11. The number of thiazole rings is 1. The predicted molar refractivity (Wildman–Crippen MR) is 135 cm³/mol. The van der Waals surface area contributed by atoms with E-state index in [-0.39, 0.29) is 33.7 Å². The van der Waals surface area contributed by atoms with Gasteiger partial charge in [0.2, 0.25) is 5.16 Å².